The van der Waals surface area contributed by atoms with Crippen LogP contribution >= 0.6 is 0 Å². The van der Waals surface area contributed by atoms with Crippen LogP contribution in [0.3, 0.4) is 0 Å². The third-order valence-electron chi connectivity index (χ3n) is 5.22. The number of carbonyl (C=O) groups is 1. The predicted molar refractivity (Wildman–Crippen MR) is 105 cm³/mol. The maximum absolute atomic E-state index is 13.4. The van der Waals surface area contributed by atoms with Crippen LogP contribution in [0.5, 0.6) is 11.6 Å². The van der Waals surface area contributed by atoms with E-state index < -0.39 is 24.0 Å². The molecule has 10 heteroatoms. The largest absolute Gasteiger partial charge is 0.439 e. The number of hydrogen-bond donors (Lipinski definition) is 2. The molecule has 1 aliphatic rings. The molecule has 3 heterocycles. The van der Waals surface area contributed by atoms with Gasteiger partial charge >= 0.3 is 6.18 Å². The minimum Gasteiger partial charge on any atom is -0.439 e. The van der Waals surface area contributed by atoms with E-state index in [1.165, 1.54) is 4.90 Å². The number of likely N-dealkylation sites (tertiary alicyclic amines) is 1. The Morgan fingerprint density at radius 2 is 2.13 bits per heavy atom. The molecule has 31 heavy (non-hydrogen) atoms. The predicted octanol–water partition coefficient (Wildman–Crippen LogP) is 3.81. The van der Waals surface area contributed by atoms with E-state index in [9.17, 15) is 22.4 Å². The number of nitrogens with one attached hydrogen (secondary N) is 1. The van der Waals surface area contributed by atoms with Crippen molar-refractivity contribution in [2.45, 2.75) is 31.2 Å². The van der Waals surface area contributed by atoms with E-state index in [1.54, 1.807) is 24.4 Å². The lowest BCUT2D eigenvalue weighted by Gasteiger charge is -2.20. The second kappa shape index (κ2) is 8.18. The highest BCUT2D eigenvalue weighted by atomic mass is 19.4. The summed E-state index contributed by atoms with van der Waals surface area (Å²) in [6.45, 7) is 0.429. The Kier molecular flexibility index (Phi) is 5.57. The number of benzene rings is 1. The van der Waals surface area contributed by atoms with Crippen LogP contribution in [-0.4, -0.2) is 46.1 Å². The molecule has 0 saturated carbocycles. The molecule has 164 valence electrons. The summed E-state index contributed by atoms with van der Waals surface area (Å²) in [4.78, 5) is 20.7. The molecule has 0 spiro atoms. The van der Waals surface area contributed by atoms with Gasteiger partial charge in [0, 0.05) is 35.9 Å². The highest BCUT2D eigenvalue weighted by Gasteiger charge is 2.31. The van der Waals surface area contributed by atoms with Gasteiger partial charge in [0.05, 0.1) is 18.2 Å². The van der Waals surface area contributed by atoms with Crippen molar-refractivity contribution in [2.75, 3.05) is 13.1 Å². The average molecular weight is 436 g/mol. The lowest BCUT2D eigenvalue weighted by molar-refractivity contribution is -0.137. The van der Waals surface area contributed by atoms with Gasteiger partial charge in [0.1, 0.15) is 11.9 Å². The minimum absolute atomic E-state index is 0.0196. The van der Waals surface area contributed by atoms with Crippen molar-refractivity contribution in [3.8, 4) is 11.6 Å². The number of halogens is 4. The molecule has 1 amide bonds. The second-order valence-electron chi connectivity index (χ2n) is 7.49. The smallest absolute Gasteiger partial charge is 0.417 e. The van der Waals surface area contributed by atoms with E-state index in [4.69, 9.17) is 10.5 Å². The summed E-state index contributed by atoms with van der Waals surface area (Å²) in [6, 6.07) is 6.33. The lowest BCUT2D eigenvalue weighted by Crippen LogP contribution is -2.44. The molecule has 3 N–H and O–H groups in total. The van der Waals surface area contributed by atoms with E-state index in [1.807, 2.05) is 0 Å². The first kappa shape index (κ1) is 21.1. The number of aromatic amines is 1. The maximum Gasteiger partial charge on any atom is 0.417 e. The van der Waals surface area contributed by atoms with Gasteiger partial charge in [-0.15, -0.1) is 0 Å². The number of nitrogens with two attached hydrogens (primary N) is 1. The number of fused-ring (bicyclic) bond motifs is 1. The number of rotatable bonds is 5. The van der Waals surface area contributed by atoms with Crippen molar-refractivity contribution in [1.82, 2.24) is 14.9 Å². The Labute approximate surface area is 175 Å². The average Bonchev–Trinajstić information content (AvgIpc) is 3.33. The van der Waals surface area contributed by atoms with E-state index >= 15 is 0 Å². The van der Waals surface area contributed by atoms with Gasteiger partial charge in [0.15, 0.2) is 0 Å². The summed E-state index contributed by atoms with van der Waals surface area (Å²) in [6.07, 6.45) is -2.47. The van der Waals surface area contributed by atoms with Crippen LogP contribution in [0.15, 0.2) is 42.7 Å². The molecule has 1 fully saturated rings. The number of amides is 1. The van der Waals surface area contributed by atoms with E-state index in [2.05, 4.69) is 9.97 Å². The first-order valence-electron chi connectivity index (χ1n) is 9.70. The zero-order chi connectivity index (χ0) is 22.2. The van der Waals surface area contributed by atoms with Gasteiger partial charge in [0.25, 0.3) is 0 Å². The molecule has 1 aromatic carbocycles. The summed E-state index contributed by atoms with van der Waals surface area (Å²) < 4.78 is 57.0. The van der Waals surface area contributed by atoms with Crippen LogP contribution in [0.2, 0.25) is 0 Å². The fourth-order valence-electron chi connectivity index (χ4n) is 3.60. The summed E-state index contributed by atoms with van der Waals surface area (Å²) >= 11 is 0. The van der Waals surface area contributed by atoms with Gasteiger partial charge < -0.3 is 20.4 Å². The number of hydrogen-bond acceptors (Lipinski definition) is 4. The zero-order valence-corrected chi connectivity index (χ0v) is 16.3. The molecule has 1 saturated heterocycles. The molecule has 2 atom stereocenters. The molecular weight excluding hydrogens is 416 g/mol. The Morgan fingerprint density at radius 3 is 2.77 bits per heavy atom. The van der Waals surface area contributed by atoms with Crippen molar-refractivity contribution in [3.05, 3.63) is 53.9 Å². The van der Waals surface area contributed by atoms with Crippen LogP contribution in [0, 0.1) is 0 Å². The number of alkyl halides is 4. The van der Waals surface area contributed by atoms with Gasteiger partial charge in [-0.1, -0.05) is 0 Å². The molecule has 6 nitrogen and oxygen atoms in total. The maximum atomic E-state index is 13.4. The fourth-order valence-corrected chi connectivity index (χ4v) is 3.60. The monoisotopic (exact) mass is 436 g/mol. The normalized spacial score (nSPS) is 17.8. The van der Waals surface area contributed by atoms with Crippen LogP contribution in [0.4, 0.5) is 17.6 Å². The summed E-state index contributed by atoms with van der Waals surface area (Å²) in [5.74, 6) is 0.0994. The summed E-state index contributed by atoms with van der Waals surface area (Å²) in [5, 5.41) is 0.762. The molecule has 3 aromatic rings. The minimum atomic E-state index is -4.47. The van der Waals surface area contributed by atoms with Gasteiger partial charge in [-0.05, 0) is 42.7 Å². The van der Waals surface area contributed by atoms with Crippen LogP contribution in [0.1, 0.15) is 17.5 Å². The van der Waals surface area contributed by atoms with Crippen molar-refractivity contribution in [3.63, 3.8) is 0 Å². The summed E-state index contributed by atoms with van der Waals surface area (Å²) in [5.41, 5.74) is 6.77. The number of pyridine rings is 1. The third-order valence-corrected chi connectivity index (χ3v) is 5.22. The Bertz CT molecular complexity index is 1080. The van der Waals surface area contributed by atoms with E-state index in [0.717, 1.165) is 28.6 Å². The first-order chi connectivity index (χ1) is 14.7. The highest BCUT2D eigenvalue weighted by molar-refractivity contribution is 5.87. The first-order valence-corrected chi connectivity index (χ1v) is 9.70. The van der Waals surface area contributed by atoms with Crippen LogP contribution < -0.4 is 10.5 Å². The molecule has 2 unspecified atom stereocenters. The standard InChI is InChI=1S/C21H20F4N4O2/c22-14-5-6-29(11-14)20(30)17(26)7-12-9-27-18-3-2-15(8-16(12)18)31-19-4-1-13(10-28-19)21(23,24)25/h1-4,8-10,14,17,27H,5-7,11,26H2. The molecule has 4 rings (SSSR count). The number of carbonyl (C=O) groups excluding carboxylic acids is 1. The molecular formula is C21H20F4N4O2. The van der Waals surface area contributed by atoms with Gasteiger partial charge in [-0.25, -0.2) is 9.37 Å². The fraction of sp³-hybridized carbons (Fsp3) is 0.333. The molecule has 1 aliphatic heterocycles. The van der Waals surface area contributed by atoms with E-state index in [-0.39, 0.29) is 24.8 Å². The SMILES string of the molecule is NC(Cc1c[nH]c2ccc(Oc3ccc(C(F)(F)F)cn3)cc12)C(=O)N1CCC(F)C1. The number of nitrogens with zero attached hydrogens (tertiary/aromatic N) is 2. The van der Waals surface area contributed by atoms with Crippen molar-refractivity contribution in [2.24, 2.45) is 5.73 Å². The molecule has 0 bridgehead atoms. The Hall–Kier alpha value is -3.14. The van der Waals surface area contributed by atoms with Gasteiger partial charge in [-0.3, -0.25) is 4.79 Å². The van der Waals surface area contributed by atoms with Gasteiger partial charge in [-0.2, -0.15) is 13.2 Å². The molecule has 0 radical (unpaired) electrons. The van der Waals surface area contributed by atoms with E-state index in [0.29, 0.717) is 24.9 Å². The number of ether oxygens (including phenoxy) is 1. The number of H-pyrrole nitrogens is 1. The quantitative estimate of drug-likeness (QED) is 0.596. The summed E-state index contributed by atoms with van der Waals surface area (Å²) in [7, 11) is 0. The second-order valence-corrected chi connectivity index (χ2v) is 7.49. The molecule has 0 aliphatic carbocycles. The lowest BCUT2D eigenvalue weighted by atomic mass is 10.0. The Morgan fingerprint density at radius 1 is 1.32 bits per heavy atom. The van der Waals surface area contributed by atoms with Gasteiger partial charge in [0.2, 0.25) is 11.8 Å². The highest BCUT2D eigenvalue weighted by Crippen LogP contribution is 2.31. The zero-order valence-electron chi connectivity index (χ0n) is 16.3. The van der Waals surface area contributed by atoms with Crippen LogP contribution in [-0.2, 0) is 17.4 Å². The van der Waals surface area contributed by atoms with Crippen molar-refractivity contribution in [1.29, 1.82) is 0 Å². The topological polar surface area (TPSA) is 84.2 Å². The molecule has 2 aromatic heterocycles. The van der Waals surface area contributed by atoms with Crippen molar-refractivity contribution >= 4 is 16.8 Å². The number of aromatic nitrogens is 2. The van der Waals surface area contributed by atoms with Crippen molar-refractivity contribution < 1.29 is 27.1 Å². The third kappa shape index (κ3) is 4.63. The van der Waals surface area contributed by atoms with Crippen LogP contribution in [0.25, 0.3) is 10.9 Å². The Balaban J connectivity index is 1.49.